The predicted molar refractivity (Wildman–Crippen MR) is 66.3 cm³/mol. The summed E-state index contributed by atoms with van der Waals surface area (Å²) in [6.45, 7) is 8.00. The number of hydrogen-bond donors (Lipinski definition) is 1. The van der Waals surface area contributed by atoms with Crippen LogP contribution in [0.3, 0.4) is 0 Å². The van der Waals surface area contributed by atoms with Crippen molar-refractivity contribution in [3.05, 3.63) is 22.4 Å². The Labute approximate surface area is 96.3 Å². The molecule has 0 bridgehead atoms. The van der Waals surface area contributed by atoms with Gasteiger partial charge in [-0.2, -0.15) is 0 Å². The van der Waals surface area contributed by atoms with Gasteiger partial charge in [0.05, 0.1) is 0 Å². The van der Waals surface area contributed by atoms with Crippen LogP contribution in [0.25, 0.3) is 0 Å². The Hall–Kier alpha value is -0.380. The first-order chi connectivity index (χ1) is 7.29. The molecule has 1 aromatic rings. The van der Waals surface area contributed by atoms with Crippen molar-refractivity contribution in [3.8, 4) is 0 Å². The smallest absolute Gasteiger partial charge is 0.0332 e. The number of hydrogen-bond acceptors (Lipinski definition) is 3. The lowest BCUT2D eigenvalue weighted by Gasteiger charge is -2.38. The summed E-state index contributed by atoms with van der Waals surface area (Å²) < 4.78 is 0. The van der Waals surface area contributed by atoms with Crippen LogP contribution in [0.1, 0.15) is 25.1 Å². The third-order valence-corrected chi connectivity index (χ3v) is 4.00. The summed E-state index contributed by atoms with van der Waals surface area (Å²) in [5.74, 6) is 0. The van der Waals surface area contributed by atoms with Gasteiger partial charge in [-0.1, -0.05) is 13.0 Å². The minimum Gasteiger partial charge on any atom is -0.311 e. The topological polar surface area (TPSA) is 15.3 Å². The van der Waals surface area contributed by atoms with Crippen LogP contribution in [0.4, 0.5) is 0 Å². The molecular weight excluding hydrogens is 204 g/mol. The van der Waals surface area contributed by atoms with E-state index < -0.39 is 0 Å². The fourth-order valence-corrected chi connectivity index (χ4v) is 2.96. The van der Waals surface area contributed by atoms with Crippen molar-refractivity contribution in [2.75, 3.05) is 13.1 Å². The van der Waals surface area contributed by atoms with Crippen LogP contribution in [0.15, 0.2) is 17.5 Å². The molecular formula is C12H20N2S. The van der Waals surface area contributed by atoms with Crippen molar-refractivity contribution in [1.29, 1.82) is 0 Å². The van der Waals surface area contributed by atoms with E-state index in [0.717, 1.165) is 13.1 Å². The summed E-state index contributed by atoms with van der Waals surface area (Å²) >= 11 is 1.87. The Balaban J connectivity index is 1.98. The molecule has 2 rings (SSSR count). The van der Waals surface area contributed by atoms with E-state index in [-0.39, 0.29) is 0 Å². The van der Waals surface area contributed by atoms with Crippen molar-refractivity contribution in [2.24, 2.45) is 0 Å². The molecule has 0 aromatic carbocycles. The van der Waals surface area contributed by atoms with E-state index in [9.17, 15) is 0 Å². The lowest BCUT2D eigenvalue weighted by atomic mass is 10.1. The molecule has 0 radical (unpaired) electrons. The Kier molecular flexibility index (Phi) is 3.78. The molecule has 84 valence electrons. The van der Waals surface area contributed by atoms with Crippen molar-refractivity contribution >= 4 is 11.3 Å². The zero-order valence-electron chi connectivity index (χ0n) is 9.57. The molecule has 1 saturated heterocycles. The highest BCUT2D eigenvalue weighted by Crippen LogP contribution is 2.17. The maximum absolute atomic E-state index is 3.55. The highest BCUT2D eigenvalue weighted by Gasteiger charge is 2.24. The second kappa shape index (κ2) is 5.10. The Morgan fingerprint density at radius 3 is 3.13 bits per heavy atom. The Bertz CT molecular complexity index is 284. The molecule has 2 heterocycles. The third-order valence-electron chi connectivity index (χ3n) is 3.14. The standard InChI is InChI=1S/C12H20N2S/c1-3-11-7-13-10(2)8-14(11)9-12-5-4-6-15-12/h4-6,10-11,13H,3,7-9H2,1-2H3. The van der Waals surface area contributed by atoms with E-state index in [1.54, 1.807) is 0 Å². The second-order valence-corrected chi connectivity index (χ2v) is 5.41. The fourth-order valence-electron chi connectivity index (χ4n) is 2.23. The molecule has 3 heteroatoms. The van der Waals surface area contributed by atoms with Gasteiger partial charge in [0.2, 0.25) is 0 Å². The van der Waals surface area contributed by atoms with Crippen LogP contribution in [-0.2, 0) is 6.54 Å². The molecule has 1 N–H and O–H groups in total. The Morgan fingerprint density at radius 2 is 2.47 bits per heavy atom. The van der Waals surface area contributed by atoms with E-state index in [1.165, 1.54) is 17.8 Å². The lowest BCUT2D eigenvalue weighted by molar-refractivity contribution is 0.125. The van der Waals surface area contributed by atoms with Gasteiger partial charge in [0.1, 0.15) is 0 Å². The summed E-state index contributed by atoms with van der Waals surface area (Å²) in [6.07, 6.45) is 1.24. The monoisotopic (exact) mass is 224 g/mol. The zero-order valence-corrected chi connectivity index (χ0v) is 10.4. The minimum atomic E-state index is 0.632. The summed E-state index contributed by atoms with van der Waals surface area (Å²) in [5.41, 5.74) is 0. The number of rotatable bonds is 3. The van der Waals surface area contributed by atoms with Gasteiger partial charge in [-0.25, -0.2) is 0 Å². The first-order valence-electron chi connectivity index (χ1n) is 5.79. The van der Waals surface area contributed by atoms with Gasteiger partial charge < -0.3 is 5.32 Å². The predicted octanol–water partition coefficient (Wildman–Crippen LogP) is 2.32. The highest BCUT2D eigenvalue weighted by molar-refractivity contribution is 7.09. The highest BCUT2D eigenvalue weighted by atomic mass is 32.1. The quantitative estimate of drug-likeness (QED) is 0.847. The van der Waals surface area contributed by atoms with E-state index in [0.29, 0.717) is 12.1 Å². The molecule has 2 unspecified atom stereocenters. The largest absolute Gasteiger partial charge is 0.311 e. The summed E-state index contributed by atoms with van der Waals surface area (Å²) in [5, 5.41) is 5.72. The number of nitrogens with one attached hydrogen (secondary N) is 1. The minimum absolute atomic E-state index is 0.632. The molecule has 1 aliphatic heterocycles. The van der Waals surface area contributed by atoms with Crippen molar-refractivity contribution in [1.82, 2.24) is 10.2 Å². The number of piperazine rings is 1. The van der Waals surface area contributed by atoms with Gasteiger partial charge in [0, 0.05) is 36.6 Å². The van der Waals surface area contributed by atoms with Crippen LogP contribution >= 0.6 is 11.3 Å². The maximum atomic E-state index is 3.55. The van der Waals surface area contributed by atoms with E-state index >= 15 is 0 Å². The van der Waals surface area contributed by atoms with Crippen LogP contribution in [0, 0.1) is 0 Å². The van der Waals surface area contributed by atoms with Gasteiger partial charge in [-0.3, -0.25) is 4.90 Å². The molecule has 1 aromatic heterocycles. The first-order valence-corrected chi connectivity index (χ1v) is 6.67. The number of nitrogens with zero attached hydrogens (tertiary/aromatic N) is 1. The lowest BCUT2D eigenvalue weighted by Crippen LogP contribution is -2.54. The molecule has 1 fully saturated rings. The molecule has 0 spiro atoms. The van der Waals surface area contributed by atoms with E-state index in [1.807, 2.05) is 11.3 Å². The Morgan fingerprint density at radius 1 is 1.60 bits per heavy atom. The average Bonchev–Trinajstić information content (AvgIpc) is 2.71. The second-order valence-electron chi connectivity index (χ2n) is 4.38. The molecule has 0 saturated carbocycles. The van der Waals surface area contributed by atoms with Crippen molar-refractivity contribution in [2.45, 2.75) is 38.9 Å². The van der Waals surface area contributed by atoms with E-state index in [4.69, 9.17) is 0 Å². The summed E-state index contributed by atoms with van der Waals surface area (Å²) in [7, 11) is 0. The maximum Gasteiger partial charge on any atom is 0.0332 e. The normalized spacial score (nSPS) is 28.1. The van der Waals surface area contributed by atoms with Gasteiger partial charge >= 0.3 is 0 Å². The van der Waals surface area contributed by atoms with Crippen molar-refractivity contribution < 1.29 is 0 Å². The molecule has 2 atom stereocenters. The van der Waals surface area contributed by atoms with Gasteiger partial charge in [0.25, 0.3) is 0 Å². The van der Waals surface area contributed by atoms with Gasteiger partial charge in [-0.05, 0) is 24.8 Å². The fraction of sp³-hybridized carbons (Fsp3) is 0.667. The summed E-state index contributed by atoms with van der Waals surface area (Å²) in [6, 6.07) is 5.73. The number of thiophene rings is 1. The van der Waals surface area contributed by atoms with Gasteiger partial charge in [-0.15, -0.1) is 11.3 Å². The third kappa shape index (κ3) is 2.80. The van der Waals surface area contributed by atoms with Crippen molar-refractivity contribution in [3.63, 3.8) is 0 Å². The summed E-state index contributed by atoms with van der Waals surface area (Å²) in [4.78, 5) is 4.11. The molecule has 0 amide bonds. The van der Waals surface area contributed by atoms with Gasteiger partial charge in [0.15, 0.2) is 0 Å². The molecule has 2 nitrogen and oxygen atoms in total. The molecule has 15 heavy (non-hydrogen) atoms. The average molecular weight is 224 g/mol. The first kappa shape index (κ1) is 11.1. The van der Waals surface area contributed by atoms with Crippen LogP contribution in [0.2, 0.25) is 0 Å². The molecule has 0 aliphatic carbocycles. The molecule has 1 aliphatic rings. The SMILES string of the molecule is CCC1CNC(C)CN1Cc1cccs1. The van der Waals surface area contributed by atoms with Crippen LogP contribution in [-0.4, -0.2) is 30.1 Å². The van der Waals surface area contributed by atoms with Crippen LogP contribution in [0.5, 0.6) is 0 Å². The zero-order chi connectivity index (χ0) is 10.7. The van der Waals surface area contributed by atoms with Crippen LogP contribution < -0.4 is 5.32 Å². The van der Waals surface area contributed by atoms with E-state index in [2.05, 4.69) is 41.6 Å².